The average Bonchev–Trinajstić information content (AvgIpc) is 2.49. The Labute approximate surface area is 205 Å². The van der Waals surface area contributed by atoms with Crippen molar-refractivity contribution in [2.75, 3.05) is 0 Å². The van der Waals surface area contributed by atoms with Crippen LogP contribution in [0.25, 0.3) is 0 Å². The molecule has 190 valence electrons. The van der Waals surface area contributed by atoms with Crippen LogP contribution in [-0.4, -0.2) is 0 Å². The predicted molar refractivity (Wildman–Crippen MR) is 151 cm³/mol. The third kappa shape index (κ3) is 23.9. The van der Waals surface area contributed by atoms with Gasteiger partial charge in [0.1, 0.15) is 0 Å². The molecule has 0 saturated carbocycles. The smallest absolute Gasteiger partial charge is 0.0191 e. The van der Waals surface area contributed by atoms with Gasteiger partial charge in [-0.15, -0.1) is 0 Å². The minimum absolute atomic E-state index is 0.379. The SMILES string of the molecule is C=C(C=CCC(C)(C)C)C(C)CC(C)(C)C.CC(C=CCC(C)(C)C)C(C)CC(C)(C)C. The van der Waals surface area contributed by atoms with Gasteiger partial charge >= 0.3 is 0 Å². The molecule has 0 heterocycles. The molecule has 0 amide bonds. The van der Waals surface area contributed by atoms with E-state index in [-0.39, 0.29) is 0 Å². The van der Waals surface area contributed by atoms with Gasteiger partial charge in [-0.25, -0.2) is 0 Å². The second kappa shape index (κ2) is 13.8. The monoisotopic (exact) mass is 446 g/mol. The standard InChI is InChI=1S/C16H32.C16H30/c2*1-13(10-9-11-15(3,4)5)14(2)12-16(6,7)8/h9-10,13-14H,11-12H2,1-8H3;9-10,14H,1,11-12H2,2-8H3. The normalized spacial score (nSPS) is 16.6. The Morgan fingerprint density at radius 3 is 1.41 bits per heavy atom. The zero-order chi connectivity index (χ0) is 26.0. The molecule has 0 heteroatoms. The van der Waals surface area contributed by atoms with Crippen LogP contribution in [-0.2, 0) is 0 Å². The Morgan fingerprint density at radius 2 is 1.03 bits per heavy atom. The minimum Gasteiger partial charge on any atom is -0.0956 e. The summed E-state index contributed by atoms with van der Waals surface area (Å²) >= 11 is 0. The molecular weight excluding hydrogens is 384 g/mol. The van der Waals surface area contributed by atoms with Crippen molar-refractivity contribution in [2.24, 2.45) is 39.4 Å². The lowest BCUT2D eigenvalue weighted by molar-refractivity contribution is 0.272. The lowest BCUT2D eigenvalue weighted by atomic mass is 9.80. The summed E-state index contributed by atoms with van der Waals surface area (Å²) < 4.78 is 0. The molecule has 32 heavy (non-hydrogen) atoms. The topological polar surface area (TPSA) is 0 Å². The molecule has 0 aliphatic rings. The van der Waals surface area contributed by atoms with Crippen molar-refractivity contribution in [2.45, 2.75) is 130 Å². The summed E-state index contributed by atoms with van der Waals surface area (Å²) in [4.78, 5) is 0. The second-order valence-corrected chi connectivity index (χ2v) is 15.2. The second-order valence-electron chi connectivity index (χ2n) is 15.2. The lowest BCUT2D eigenvalue weighted by Crippen LogP contribution is -2.15. The van der Waals surface area contributed by atoms with Gasteiger partial charge in [-0.05, 0) is 65.1 Å². The first-order valence-corrected chi connectivity index (χ1v) is 13.0. The summed E-state index contributed by atoms with van der Waals surface area (Å²) in [6, 6.07) is 0. The van der Waals surface area contributed by atoms with Crippen LogP contribution in [0.2, 0.25) is 0 Å². The summed E-state index contributed by atoms with van der Waals surface area (Å²) in [7, 11) is 0. The number of allylic oxidation sites excluding steroid dienone is 5. The molecule has 0 fully saturated rings. The molecule has 0 aromatic heterocycles. The summed E-state index contributed by atoms with van der Waals surface area (Å²) in [5.74, 6) is 2.05. The minimum atomic E-state index is 0.379. The van der Waals surface area contributed by atoms with E-state index < -0.39 is 0 Å². The van der Waals surface area contributed by atoms with Crippen LogP contribution in [0.5, 0.6) is 0 Å². The maximum absolute atomic E-state index is 4.17. The molecule has 0 radical (unpaired) electrons. The van der Waals surface area contributed by atoms with Crippen LogP contribution in [0.3, 0.4) is 0 Å². The Balaban J connectivity index is 0. The molecule has 0 nitrogen and oxygen atoms in total. The molecule has 0 aliphatic heterocycles. The van der Waals surface area contributed by atoms with Gasteiger partial charge in [0.05, 0.1) is 0 Å². The van der Waals surface area contributed by atoms with E-state index in [1.165, 1.54) is 24.8 Å². The molecule has 0 saturated heterocycles. The van der Waals surface area contributed by atoms with E-state index in [1.807, 2.05) is 0 Å². The van der Waals surface area contributed by atoms with Gasteiger partial charge in [0.2, 0.25) is 0 Å². The van der Waals surface area contributed by atoms with Crippen molar-refractivity contribution < 1.29 is 0 Å². The van der Waals surface area contributed by atoms with Crippen molar-refractivity contribution in [3.63, 3.8) is 0 Å². The van der Waals surface area contributed by atoms with Crippen LogP contribution in [0, 0.1) is 39.4 Å². The lowest BCUT2D eigenvalue weighted by Gasteiger charge is -2.26. The molecule has 3 atom stereocenters. The summed E-state index contributed by atoms with van der Waals surface area (Å²) in [5, 5.41) is 0. The maximum atomic E-state index is 4.17. The van der Waals surface area contributed by atoms with Crippen LogP contribution >= 0.6 is 0 Å². The van der Waals surface area contributed by atoms with Crippen molar-refractivity contribution in [1.82, 2.24) is 0 Å². The zero-order valence-corrected chi connectivity index (χ0v) is 25.1. The van der Waals surface area contributed by atoms with Crippen LogP contribution in [0.1, 0.15) is 130 Å². The van der Waals surface area contributed by atoms with E-state index >= 15 is 0 Å². The first-order chi connectivity index (χ1) is 14.0. The van der Waals surface area contributed by atoms with E-state index in [0.29, 0.717) is 33.5 Å². The first kappa shape index (κ1) is 33.4. The summed E-state index contributed by atoms with van der Waals surface area (Å²) in [6.07, 6.45) is 14.0. The van der Waals surface area contributed by atoms with Gasteiger partial charge in [-0.3, -0.25) is 0 Å². The molecule has 0 aliphatic carbocycles. The molecule has 0 rings (SSSR count). The highest BCUT2D eigenvalue weighted by Crippen LogP contribution is 2.30. The number of rotatable bonds is 8. The molecule has 0 aromatic carbocycles. The Hall–Kier alpha value is -0.780. The van der Waals surface area contributed by atoms with Crippen LogP contribution < -0.4 is 0 Å². The number of hydrogen-bond acceptors (Lipinski definition) is 0. The van der Waals surface area contributed by atoms with Gasteiger partial charge in [0.25, 0.3) is 0 Å². The number of hydrogen-bond donors (Lipinski definition) is 0. The highest BCUT2D eigenvalue weighted by Gasteiger charge is 2.19. The zero-order valence-electron chi connectivity index (χ0n) is 25.1. The Kier molecular flexibility index (Phi) is 14.4. The maximum Gasteiger partial charge on any atom is -0.0191 e. The molecule has 0 bridgehead atoms. The van der Waals surface area contributed by atoms with Crippen molar-refractivity contribution in [1.29, 1.82) is 0 Å². The molecule has 3 unspecified atom stereocenters. The Morgan fingerprint density at radius 1 is 0.625 bits per heavy atom. The van der Waals surface area contributed by atoms with Gasteiger partial charge < -0.3 is 0 Å². The van der Waals surface area contributed by atoms with Crippen molar-refractivity contribution in [3.05, 3.63) is 36.5 Å². The first-order valence-electron chi connectivity index (χ1n) is 13.0. The fourth-order valence-electron chi connectivity index (χ4n) is 3.76. The van der Waals surface area contributed by atoms with Gasteiger partial charge in [0.15, 0.2) is 0 Å². The van der Waals surface area contributed by atoms with Gasteiger partial charge in [0, 0.05) is 0 Å². The van der Waals surface area contributed by atoms with Crippen LogP contribution in [0.4, 0.5) is 0 Å². The van der Waals surface area contributed by atoms with Crippen LogP contribution in [0.15, 0.2) is 36.5 Å². The summed E-state index contributed by atoms with van der Waals surface area (Å²) in [5.41, 5.74) is 2.90. The van der Waals surface area contributed by atoms with E-state index in [9.17, 15) is 0 Å². The van der Waals surface area contributed by atoms with E-state index in [1.54, 1.807) is 0 Å². The van der Waals surface area contributed by atoms with E-state index in [0.717, 1.165) is 12.3 Å². The molecular formula is C32H62. The van der Waals surface area contributed by atoms with Crippen molar-refractivity contribution >= 4 is 0 Å². The quantitative estimate of drug-likeness (QED) is 0.257. The fraction of sp³-hybridized carbons (Fsp3) is 0.812. The molecule has 0 N–H and O–H groups in total. The molecule has 0 spiro atoms. The molecule has 0 aromatic rings. The summed E-state index contributed by atoms with van der Waals surface area (Å²) in [6.45, 7) is 38.7. The van der Waals surface area contributed by atoms with Gasteiger partial charge in [-0.1, -0.05) is 140 Å². The van der Waals surface area contributed by atoms with E-state index in [4.69, 9.17) is 0 Å². The Bertz CT molecular complexity index is 557. The third-order valence-corrected chi connectivity index (χ3v) is 5.62. The average molecular weight is 447 g/mol. The predicted octanol–water partition coefficient (Wildman–Crippen LogP) is 11.3. The van der Waals surface area contributed by atoms with E-state index in [2.05, 4.69) is 135 Å². The van der Waals surface area contributed by atoms with Gasteiger partial charge in [-0.2, -0.15) is 0 Å². The highest BCUT2D eigenvalue weighted by molar-refractivity contribution is 5.17. The van der Waals surface area contributed by atoms with Crippen molar-refractivity contribution in [3.8, 4) is 0 Å². The fourth-order valence-corrected chi connectivity index (χ4v) is 3.76. The highest BCUT2D eigenvalue weighted by atomic mass is 14.2. The largest absolute Gasteiger partial charge is 0.0956 e. The third-order valence-electron chi connectivity index (χ3n) is 5.62.